The number of amides is 1. The molecule has 0 fully saturated rings. The number of nitrogens with one attached hydrogen (secondary N) is 1. The smallest absolute Gasteiger partial charge is 0.308 e. The van der Waals surface area contributed by atoms with Crippen LogP contribution < -0.4 is 5.32 Å². The Bertz CT molecular complexity index is 1550. The molecule has 1 aromatic carbocycles. The summed E-state index contributed by atoms with van der Waals surface area (Å²) in [6.07, 6.45) is 0.00349. The number of halogens is 1. The number of aromatic nitrogens is 3. The minimum atomic E-state index is -0.591. The highest BCUT2D eigenvalue weighted by Gasteiger charge is 2.32. The van der Waals surface area contributed by atoms with Gasteiger partial charge in [-0.3, -0.25) is 19.1 Å². The number of esters is 1. The second kappa shape index (κ2) is 16.8. The Morgan fingerprint density at radius 1 is 1.00 bits per heavy atom. The fourth-order valence-electron chi connectivity index (χ4n) is 4.88. The maximum atomic E-state index is 13.0. The fraction of sp³-hybridized carbons (Fsp3) is 0.559. The van der Waals surface area contributed by atoms with Crippen molar-refractivity contribution in [3.63, 3.8) is 0 Å². The van der Waals surface area contributed by atoms with Crippen LogP contribution in [-0.2, 0) is 28.5 Å². The number of rotatable bonds is 16. The molecule has 256 valence electrons. The van der Waals surface area contributed by atoms with Gasteiger partial charge in [-0.05, 0) is 43.9 Å². The molecule has 11 nitrogen and oxygen atoms in total. The number of nitrogens with zero attached hydrogens (tertiary/aromatic N) is 4. The highest BCUT2D eigenvalue weighted by atomic mass is 35.5. The molecule has 1 aliphatic rings. The predicted molar refractivity (Wildman–Crippen MR) is 183 cm³/mol. The molecular weight excluding hydrogens is 642 g/mol. The lowest BCUT2D eigenvalue weighted by atomic mass is 9.97. The molecule has 1 amide bonds. The number of carbonyl (C=O) groups is 2. The molecule has 0 radical (unpaired) electrons. The maximum Gasteiger partial charge on any atom is 0.308 e. The second-order valence-corrected chi connectivity index (χ2v) is 14.6. The Morgan fingerprint density at radius 2 is 1.68 bits per heavy atom. The number of benzene rings is 1. The first-order valence-electron chi connectivity index (χ1n) is 15.9. The molecule has 0 saturated heterocycles. The van der Waals surface area contributed by atoms with Crippen LogP contribution in [-0.4, -0.2) is 85.1 Å². The lowest BCUT2D eigenvalue weighted by Crippen LogP contribution is -2.35. The van der Waals surface area contributed by atoms with Crippen LogP contribution in [0, 0.1) is 32.1 Å². The topological polar surface area (TPSA) is 126 Å². The normalized spacial score (nSPS) is 15.0. The first-order chi connectivity index (χ1) is 22.3. The van der Waals surface area contributed by atoms with Gasteiger partial charge < -0.3 is 24.3 Å². The third kappa shape index (κ3) is 10.4. The highest BCUT2D eigenvalue weighted by molar-refractivity contribution is 7.15. The lowest BCUT2D eigenvalue weighted by Gasteiger charge is -2.19. The van der Waals surface area contributed by atoms with E-state index in [0.29, 0.717) is 43.8 Å². The summed E-state index contributed by atoms with van der Waals surface area (Å²) in [6.45, 7) is 16.9. The van der Waals surface area contributed by atoms with Crippen molar-refractivity contribution in [2.24, 2.45) is 16.3 Å². The number of hydrogen-bond donors (Lipinski definition) is 1. The lowest BCUT2D eigenvalue weighted by molar-refractivity contribution is -0.145. The van der Waals surface area contributed by atoms with Crippen molar-refractivity contribution in [3.05, 3.63) is 62.5 Å². The average molecular weight is 688 g/mol. The van der Waals surface area contributed by atoms with Crippen LogP contribution in [0.25, 0.3) is 5.00 Å². The molecule has 2 aromatic heterocycles. The predicted octanol–water partition coefficient (Wildman–Crippen LogP) is 5.58. The molecule has 3 heterocycles. The van der Waals surface area contributed by atoms with E-state index in [9.17, 15) is 9.59 Å². The van der Waals surface area contributed by atoms with Crippen LogP contribution in [0.2, 0.25) is 5.02 Å². The number of aliphatic imine (C=N–C) groups is 1. The maximum absolute atomic E-state index is 13.0. The molecule has 47 heavy (non-hydrogen) atoms. The van der Waals surface area contributed by atoms with E-state index in [-0.39, 0.29) is 43.5 Å². The molecule has 0 saturated carbocycles. The van der Waals surface area contributed by atoms with Crippen LogP contribution in [0.1, 0.15) is 73.4 Å². The number of hydrogen-bond acceptors (Lipinski definition) is 10. The molecule has 4 rings (SSSR count). The molecule has 0 bridgehead atoms. The first kappa shape index (κ1) is 36.7. The highest BCUT2D eigenvalue weighted by Crippen LogP contribution is 2.39. The van der Waals surface area contributed by atoms with Gasteiger partial charge in [-0.2, -0.15) is 0 Å². The summed E-state index contributed by atoms with van der Waals surface area (Å²) in [5, 5.41) is 13.3. The summed E-state index contributed by atoms with van der Waals surface area (Å²) >= 11 is 7.85. The summed E-state index contributed by atoms with van der Waals surface area (Å²) in [4.78, 5) is 31.1. The summed E-state index contributed by atoms with van der Waals surface area (Å²) in [5.74, 6) is 0.937. The number of ether oxygens (including phenoxy) is 4. The van der Waals surface area contributed by atoms with Crippen molar-refractivity contribution in [3.8, 4) is 5.00 Å². The van der Waals surface area contributed by atoms with Crippen molar-refractivity contribution in [1.29, 1.82) is 0 Å². The van der Waals surface area contributed by atoms with E-state index >= 15 is 0 Å². The minimum Gasteiger partial charge on any atom is -0.463 e. The number of aryl methyl sites for hydroxylation is 2. The molecule has 1 unspecified atom stereocenters. The molecular formula is C34H46ClN5O6S. The van der Waals surface area contributed by atoms with Gasteiger partial charge in [-0.25, -0.2) is 0 Å². The van der Waals surface area contributed by atoms with E-state index in [2.05, 4.69) is 50.1 Å². The van der Waals surface area contributed by atoms with Crippen molar-refractivity contribution >= 4 is 40.5 Å². The molecule has 0 aliphatic carbocycles. The van der Waals surface area contributed by atoms with Gasteiger partial charge in [-0.15, -0.1) is 21.5 Å². The Morgan fingerprint density at radius 3 is 2.40 bits per heavy atom. The molecule has 2 atom stereocenters. The fourth-order valence-corrected chi connectivity index (χ4v) is 6.22. The van der Waals surface area contributed by atoms with Crippen LogP contribution in [0.5, 0.6) is 0 Å². The minimum absolute atomic E-state index is 0.00349. The quantitative estimate of drug-likeness (QED) is 0.153. The van der Waals surface area contributed by atoms with Gasteiger partial charge in [0.25, 0.3) is 0 Å². The van der Waals surface area contributed by atoms with Gasteiger partial charge in [-0.1, -0.05) is 51.4 Å². The molecule has 3 aromatic rings. The van der Waals surface area contributed by atoms with Gasteiger partial charge in [0, 0.05) is 33.5 Å². The summed E-state index contributed by atoms with van der Waals surface area (Å²) in [7, 11) is 0. The van der Waals surface area contributed by atoms with Crippen molar-refractivity contribution in [1.82, 2.24) is 20.1 Å². The largest absolute Gasteiger partial charge is 0.463 e. The van der Waals surface area contributed by atoms with E-state index in [0.717, 1.165) is 33.2 Å². The second-order valence-electron chi connectivity index (χ2n) is 13.0. The third-order valence-electron chi connectivity index (χ3n) is 7.43. The van der Waals surface area contributed by atoms with Crippen LogP contribution in [0.3, 0.4) is 0 Å². The zero-order valence-electron chi connectivity index (χ0n) is 28.4. The van der Waals surface area contributed by atoms with Crippen molar-refractivity contribution in [2.45, 2.75) is 60.9 Å². The monoisotopic (exact) mass is 687 g/mol. The van der Waals surface area contributed by atoms with Crippen molar-refractivity contribution < 1.29 is 28.5 Å². The Hall–Kier alpha value is -3.16. The van der Waals surface area contributed by atoms with E-state index in [4.69, 9.17) is 35.5 Å². The summed E-state index contributed by atoms with van der Waals surface area (Å²) < 4.78 is 24.3. The molecule has 1 N–H and O–H groups in total. The van der Waals surface area contributed by atoms with E-state index < -0.39 is 12.0 Å². The summed E-state index contributed by atoms with van der Waals surface area (Å²) in [5.41, 5.74) is 3.85. The molecule has 13 heteroatoms. The van der Waals surface area contributed by atoms with Gasteiger partial charge in [0.1, 0.15) is 30.1 Å². The Kier molecular flexibility index (Phi) is 13.1. The number of carbonyl (C=O) groups excluding carboxylic acids is 2. The van der Waals surface area contributed by atoms with E-state index in [1.54, 1.807) is 11.3 Å². The van der Waals surface area contributed by atoms with Gasteiger partial charge in [0.15, 0.2) is 5.82 Å². The Labute approximate surface area is 286 Å². The van der Waals surface area contributed by atoms with Gasteiger partial charge in [0.2, 0.25) is 5.91 Å². The Balaban J connectivity index is 1.22. The van der Waals surface area contributed by atoms with Gasteiger partial charge in [0.05, 0.1) is 45.2 Å². The zero-order chi connectivity index (χ0) is 34.1. The molecule has 1 aliphatic heterocycles. The number of fused-ring (bicyclic) bond motifs is 3. The third-order valence-corrected chi connectivity index (χ3v) is 8.88. The van der Waals surface area contributed by atoms with Gasteiger partial charge >= 0.3 is 5.97 Å². The van der Waals surface area contributed by atoms with Crippen LogP contribution in [0.4, 0.5) is 0 Å². The zero-order valence-corrected chi connectivity index (χ0v) is 29.9. The summed E-state index contributed by atoms with van der Waals surface area (Å²) in [6, 6.07) is 6.97. The van der Waals surface area contributed by atoms with E-state index in [1.165, 1.54) is 4.88 Å². The average Bonchev–Trinajstić information content (AvgIpc) is 3.49. The van der Waals surface area contributed by atoms with Crippen LogP contribution >= 0.6 is 22.9 Å². The van der Waals surface area contributed by atoms with Crippen molar-refractivity contribution in [2.75, 3.05) is 52.8 Å². The standard InChI is InChI=1S/C34H46ClN5O6S/c1-21(18-45-19-28(41)36-20-34(5,6)7)17-44-13-12-43-14-15-46-29(42)16-27-32-39-38-24(4)40(32)33-30(22(2)23(3)47-33)31(37-27)25-8-10-26(35)11-9-25/h8-11,21,27H,12-20H2,1-7H3,(H,36,41)/t21?,27-/m0/s1. The SMILES string of the molecule is Cc1sc2c(c1C)C(c1ccc(Cl)cc1)=N[C@@H](CC(=O)OCCOCCOCC(C)COCC(=O)NCC(C)(C)C)c1nnc(C)n1-2. The van der Waals surface area contributed by atoms with Crippen LogP contribution in [0.15, 0.2) is 29.3 Å². The first-order valence-corrected chi connectivity index (χ1v) is 17.1. The number of thiophene rings is 1. The molecule has 0 spiro atoms. The van der Waals surface area contributed by atoms with E-state index in [1.807, 2.05) is 42.7 Å².